The molecule has 0 bridgehead atoms. The van der Waals surface area contributed by atoms with Crippen LogP contribution in [0.4, 0.5) is 0 Å². The lowest BCUT2D eigenvalue weighted by Crippen LogP contribution is -2.15. The summed E-state index contributed by atoms with van der Waals surface area (Å²) in [5.74, 6) is 2.27. The van der Waals surface area contributed by atoms with E-state index in [-0.39, 0.29) is 5.41 Å². The highest BCUT2D eigenvalue weighted by molar-refractivity contribution is 5.63. The quantitative estimate of drug-likeness (QED) is 0.390. The molecule has 0 saturated carbocycles. The van der Waals surface area contributed by atoms with Gasteiger partial charge in [-0.05, 0) is 51.6 Å². The minimum Gasteiger partial charge on any atom is -0.489 e. The van der Waals surface area contributed by atoms with Crippen molar-refractivity contribution in [1.29, 1.82) is 0 Å². The van der Waals surface area contributed by atoms with Gasteiger partial charge in [0, 0.05) is 0 Å². The minimum atomic E-state index is 0.267. The Balaban J connectivity index is 0.000000769. The van der Waals surface area contributed by atoms with Crippen LogP contribution in [0.5, 0.6) is 5.75 Å². The number of benzene rings is 3. The standard InChI is InChI=1S/C25H28O.C4H10.C2H6/c1-19(25(2,3)4)21-14-16-24(17-15-21)26-18-20-10-12-23(13-11-20)22-8-6-5-7-9-22;1-4(2)3;1-2/h5-17,19H,18H2,1-4H3;4H,1-3H3;1-2H3. The van der Waals surface area contributed by atoms with Crippen molar-refractivity contribution in [3.05, 3.63) is 90.0 Å². The summed E-state index contributed by atoms with van der Waals surface area (Å²) in [6.45, 7) is 20.2. The summed E-state index contributed by atoms with van der Waals surface area (Å²) in [7, 11) is 0. The first-order valence-corrected chi connectivity index (χ1v) is 12.0. The van der Waals surface area contributed by atoms with Crippen LogP contribution in [-0.2, 0) is 6.61 Å². The molecule has 0 spiro atoms. The first-order chi connectivity index (χ1) is 15.2. The van der Waals surface area contributed by atoms with E-state index in [0.717, 1.165) is 11.7 Å². The monoisotopic (exact) mass is 432 g/mol. The Morgan fingerprint density at radius 2 is 1.12 bits per heavy atom. The van der Waals surface area contributed by atoms with Crippen LogP contribution in [0.25, 0.3) is 11.1 Å². The molecule has 1 unspecified atom stereocenters. The van der Waals surface area contributed by atoms with Crippen LogP contribution in [0.15, 0.2) is 78.9 Å². The van der Waals surface area contributed by atoms with Crippen LogP contribution >= 0.6 is 0 Å². The zero-order chi connectivity index (χ0) is 24.1. The van der Waals surface area contributed by atoms with Crippen LogP contribution in [0.2, 0.25) is 0 Å². The van der Waals surface area contributed by atoms with Gasteiger partial charge in [0.05, 0.1) is 0 Å². The van der Waals surface area contributed by atoms with Gasteiger partial charge in [-0.15, -0.1) is 0 Å². The molecule has 1 heteroatoms. The molecule has 174 valence electrons. The molecule has 0 aliphatic heterocycles. The van der Waals surface area contributed by atoms with E-state index >= 15 is 0 Å². The molecule has 32 heavy (non-hydrogen) atoms. The fourth-order valence-corrected chi connectivity index (χ4v) is 2.94. The second-order valence-electron chi connectivity index (χ2n) is 9.74. The Kier molecular flexibility index (Phi) is 11.8. The molecule has 0 aliphatic carbocycles. The van der Waals surface area contributed by atoms with Crippen molar-refractivity contribution in [2.75, 3.05) is 0 Å². The molecular formula is C31H44O. The van der Waals surface area contributed by atoms with Gasteiger partial charge in [0.2, 0.25) is 0 Å². The first kappa shape index (κ1) is 27.5. The summed E-state index contributed by atoms with van der Waals surface area (Å²) in [6.07, 6.45) is 0. The highest BCUT2D eigenvalue weighted by Gasteiger charge is 2.21. The lowest BCUT2D eigenvalue weighted by atomic mass is 9.78. The predicted octanol–water partition coefficient (Wildman–Crippen LogP) is 9.77. The molecule has 3 aromatic rings. The molecule has 0 amide bonds. The van der Waals surface area contributed by atoms with Crippen LogP contribution in [0.1, 0.15) is 79.4 Å². The maximum Gasteiger partial charge on any atom is 0.119 e. The van der Waals surface area contributed by atoms with Crippen molar-refractivity contribution in [2.24, 2.45) is 11.3 Å². The van der Waals surface area contributed by atoms with E-state index in [1.807, 2.05) is 19.9 Å². The number of hydrogen-bond donors (Lipinski definition) is 0. The van der Waals surface area contributed by atoms with Crippen LogP contribution < -0.4 is 4.74 Å². The van der Waals surface area contributed by atoms with Gasteiger partial charge >= 0.3 is 0 Å². The van der Waals surface area contributed by atoms with Crippen LogP contribution in [0, 0.1) is 11.3 Å². The van der Waals surface area contributed by atoms with Gasteiger partial charge in [0.1, 0.15) is 12.4 Å². The minimum absolute atomic E-state index is 0.267. The molecule has 0 heterocycles. The molecule has 0 aromatic heterocycles. The van der Waals surface area contributed by atoms with Gasteiger partial charge in [0.25, 0.3) is 0 Å². The third-order valence-corrected chi connectivity index (χ3v) is 5.15. The van der Waals surface area contributed by atoms with Gasteiger partial charge in [-0.2, -0.15) is 0 Å². The molecular weight excluding hydrogens is 388 g/mol. The summed E-state index contributed by atoms with van der Waals surface area (Å²) >= 11 is 0. The zero-order valence-electron chi connectivity index (χ0n) is 21.8. The third-order valence-electron chi connectivity index (χ3n) is 5.15. The SMILES string of the molecule is CC.CC(C)C.CC(c1ccc(OCc2ccc(-c3ccccc3)cc2)cc1)C(C)(C)C. The Morgan fingerprint density at radius 1 is 0.656 bits per heavy atom. The maximum atomic E-state index is 5.96. The predicted molar refractivity (Wildman–Crippen MR) is 142 cm³/mol. The lowest BCUT2D eigenvalue weighted by Gasteiger charge is -2.27. The topological polar surface area (TPSA) is 9.23 Å². The van der Waals surface area contributed by atoms with E-state index in [2.05, 4.69) is 121 Å². The second-order valence-corrected chi connectivity index (χ2v) is 9.74. The first-order valence-electron chi connectivity index (χ1n) is 12.0. The highest BCUT2D eigenvalue weighted by Crippen LogP contribution is 2.35. The van der Waals surface area contributed by atoms with E-state index in [9.17, 15) is 0 Å². The molecule has 0 fully saturated rings. The number of ether oxygens (including phenoxy) is 1. The smallest absolute Gasteiger partial charge is 0.119 e. The van der Waals surface area contributed by atoms with E-state index in [4.69, 9.17) is 4.74 Å². The zero-order valence-corrected chi connectivity index (χ0v) is 21.8. The molecule has 0 aliphatic rings. The Morgan fingerprint density at radius 3 is 1.59 bits per heavy atom. The highest BCUT2D eigenvalue weighted by atomic mass is 16.5. The van der Waals surface area contributed by atoms with Gasteiger partial charge < -0.3 is 4.74 Å². The van der Waals surface area contributed by atoms with E-state index in [1.54, 1.807) is 0 Å². The molecule has 1 nitrogen and oxygen atoms in total. The summed E-state index contributed by atoms with van der Waals surface area (Å²) in [5.41, 5.74) is 5.27. The molecule has 0 radical (unpaired) electrons. The van der Waals surface area contributed by atoms with Gasteiger partial charge in [-0.3, -0.25) is 0 Å². The van der Waals surface area contributed by atoms with Crippen molar-refractivity contribution in [3.8, 4) is 16.9 Å². The van der Waals surface area contributed by atoms with Crippen LogP contribution in [0.3, 0.4) is 0 Å². The van der Waals surface area contributed by atoms with Crippen molar-refractivity contribution in [2.45, 2.75) is 74.8 Å². The second kappa shape index (κ2) is 13.8. The molecule has 3 aromatic carbocycles. The Labute approximate surface area is 197 Å². The van der Waals surface area contributed by atoms with Gasteiger partial charge in [-0.1, -0.05) is 129 Å². The summed E-state index contributed by atoms with van der Waals surface area (Å²) in [6, 6.07) is 27.5. The molecule has 0 N–H and O–H groups in total. The lowest BCUT2D eigenvalue weighted by molar-refractivity contribution is 0.305. The summed E-state index contributed by atoms with van der Waals surface area (Å²) < 4.78 is 5.96. The molecule has 0 saturated heterocycles. The Bertz CT molecular complexity index is 850. The van der Waals surface area contributed by atoms with Crippen molar-refractivity contribution in [3.63, 3.8) is 0 Å². The number of hydrogen-bond acceptors (Lipinski definition) is 1. The molecule has 1 atom stereocenters. The third kappa shape index (κ3) is 9.73. The normalized spacial score (nSPS) is 11.6. The van der Waals surface area contributed by atoms with Gasteiger partial charge in [-0.25, -0.2) is 0 Å². The fraction of sp³-hybridized carbons (Fsp3) is 0.419. The van der Waals surface area contributed by atoms with Crippen molar-refractivity contribution in [1.82, 2.24) is 0 Å². The number of rotatable bonds is 5. The Hall–Kier alpha value is -2.54. The maximum absolute atomic E-state index is 5.96. The summed E-state index contributed by atoms with van der Waals surface area (Å²) in [4.78, 5) is 0. The average Bonchev–Trinajstić information content (AvgIpc) is 2.79. The van der Waals surface area contributed by atoms with Crippen molar-refractivity contribution >= 4 is 0 Å². The van der Waals surface area contributed by atoms with Crippen LogP contribution in [-0.4, -0.2) is 0 Å². The average molecular weight is 433 g/mol. The largest absolute Gasteiger partial charge is 0.489 e. The van der Waals surface area contributed by atoms with E-state index in [1.165, 1.54) is 22.3 Å². The summed E-state index contributed by atoms with van der Waals surface area (Å²) in [5, 5.41) is 0. The molecule has 3 rings (SSSR count). The van der Waals surface area contributed by atoms with Gasteiger partial charge in [0.15, 0.2) is 0 Å². The van der Waals surface area contributed by atoms with Crippen molar-refractivity contribution < 1.29 is 4.74 Å². The van der Waals surface area contributed by atoms with E-state index in [0.29, 0.717) is 12.5 Å². The fourth-order valence-electron chi connectivity index (χ4n) is 2.94. The van der Waals surface area contributed by atoms with E-state index < -0.39 is 0 Å².